The summed E-state index contributed by atoms with van der Waals surface area (Å²) in [6, 6.07) is 5.56. The molecule has 110 valence electrons. The molecule has 0 radical (unpaired) electrons. The van der Waals surface area contributed by atoms with Crippen LogP contribution in [0.5, 0.6) is 0 Å². The first kappa shape index (κ1) is 14.6. The number of hydrogen-bond donors (Lipinski definition) is 1. The van der Waals surface area contributed by atoms with Gasteiger partial charge in [-0.3, -0.25) is 19.6 Å². The van der Waals surface area contributed by atoms with Crippen LogP contribution in [0.25, 0.3) is 0 Å². The van der Waals surface area contributed by atoms with Crippen LogP contribution in [0.2, 0.25) is 0 Å². The van der Waals surface area contributed by atoms with Crippen molar-refractivity contribution in [2.45, 2.75) is 13.5 Å². The first-order chi connectivity index (χ1) is 9.95. The zero-order valence-corrected chi connectivity index (χ0v) is 11.2. The summed E-state index contributed by atoms with van der Waals surface area (Å²) in [4.78, 5) is 22.0. The Morgan fingerprint density at radius 1 is 1.57 bits per heavy atom. The van der Waals surface area contributed by atoms with Crippen LogP contribution in [-0.2, 0) is 11.3 Å². The lowest BCUT2D eigenvalue weighted by Crippen LogP contribution is -2.24. The molecule has 2 rings (SSSR count). The van der Waals surface area contributed by atoms with Crippen LogP contribution in [0, 0.1) is 21.8 Å². The summed E-state index contributed by atoms with van der Waals surface area (Å²) in [5.41, 5.74) is 0.228. The fraction of sp³-hybridized carbons (Fsp3) is 0.231. The molecule has 0 bridgehead atoms. The largest absolute Gasteiger partial charge is 0.326 e. The molecular weight excluding hydrogens is 279 g/mol. The number of anilines is 1. The van der Waals surface area contributed by atoms with Gasteiger partial charge in [0, 0.05) is 5.69 Å². The van der Waals surface area contributed by atoms with Gasteiger partial charge >= 0.3 is 5.69 Å². The second-order valence-corrected chi connectivity index (χ2v) is 4.58. The van der Waals surface area contributed by atoms with Gasteiger partial charge in [-0.25, -0.2) is 4.39 Å². The van der Waals surface area contributed by atoms with E-state index in [1.807, 2.05) is 0 Å². The molecule has 0 fully saturated rings. The Kier molecular flexibility index (Phi) is 4.27. The lowest BCUT2D eigenvalue weighted by atomic mass is 10.1. The highest BCUT2D eigenvalue weighted by Gasteiger charge is 2.16. The van der Waals surface area contributed by atoms with Crippen LogP contribution >= 0.6 is 0 Å². The van der Waals surface area contributed by atoms with Crippen molar-refractivity contribution in [2.24, 2.45) is 5.92 Å². The number of benzene rings is 1. The molecule has 0 aliphatic carbocycles. The third-order valence-corrected chi connectivity index (χ3v) is 2.83. The van der Waals surface area contributed by atoms with E-state index >= 15 is 0 Å². The molecule has 0 spiro atoms. The van der Waals surface area contributed by atoms with E-state index in [9.17, 15) is 19.3 Å². The van der Waals surface area contributed by atoms with E-state index in [0.717, 1.165) is 6.20 Å². The average molecular weight is 292 g/mol. The van der Waals surface area contributed by atoms with Crippen LogP contribution in [0.1, 0.15) is 6.92 Å². The van der Waals surface area contributed by atoms with E-state index in [1.54, 1.807) is 13.0 Å². The normalized spacial score (nSPS) is 11.9. The molecule has 1 aromatic carbocycles. The van der Waals surface area contributed by atoms with E-state index in [-0.39, 0.29) is 18.1 Å². The maximum absolute atomic E-state index is 13.0. The maximum atomic E-state index is 13.0. The minimum Gasteiger partial charge on any atom is -0.326 e. The van der Waals surface area contributed by atoms with Gasteiger partial charge in [0.15, 0.2) is 0 Å². The number of hydrogen-bond acceptors (Lipinski definition) is 4. The van der Waals surface area contributed by atoms with Crippen molar-refractivity contribution in [3.63, 3.8) is 0 Å². The predicted octanol–water partition coefficient (Wildman–Crippen LogP) is 2.21. The summed E-state index contributed by atoms with van der Waals surface area (Å²) >= 11 is 0. The summed E-state index contributed by atoms with van der Waals surface area (Å²) in [5.74, 6) is -1.24. The topological polar surface area (TPSA) is 90.1 Å². The smallest absolute Gasteiger partial charge is 0.306 e. The summed E-state index contributed by atoms with van der Waals surface area (Å²) in [5, 5.41) is 16.9. The summed E-state index contributed by atoms with van der Waals surface area (Å²) < 4.78 is 14.3. The van der Waals surface area contributed by atoms with Crippen molar-refractivity contribution >= 4 is 17.3 Å². The highest BCUT2D eigenvalue weighted by molar-refractivity contribution is 5.92. The Bertz CT molecular complexity index is 671. The van der Waals surface area contributed by atoms with Crippen LogP contribution in [0.3, 0.4) is 0 Å². The quantitative estimate of drug-likeness (QED) is 0.675. The average Bonchev–Trinajstić information content (AvgIpc) is 2.87. The summed E-state index contributed by atoms with van der Waals surface area (Å²) in [6.45, 7) is 1.84. The fourth-order valence-electron chi connectivity index (χ4n) is 1.74. The number of halogens is 1. The molecule has 1 N–H and O–H groups in total. The van der Waals surface area contributed by atoms with E-state index in [1.165, 1.54) is 29.1 Å². The number of nitrogens with zero attached hydrogens (tertiary/aromatic N) is 3. The molecule has 0 aliphatic heterocycles. The standard InChI is InChI=1S/C13H13FN4O3/c1-9(7-17-8-12(6-15-17)18(20)21)13(19)16-11-4-2-3-10(14)5-11/h2-6,8-9H,7H2,1H3,(H,16,19). The lowest BCUT2D eigenvalue weighted by Gasteiger charge is -2.12. The summed E-state index contributed by atoms with van der Waals surface area (Å²) in [7, 11) is 0. The molecule has 1 amide bonds. The van der Waals surface area contributed by atoms with Crippen molar-refractivity contribution in [2.75, 3.05) is 5.32 Å². The summed E-state index contributed by atoms with van der Waals surface area (Å²) in [6.07, 6.45) is 2.38. The molecule has 0 saturated heterocycles. The number of carbonyl (C=O) groups is 1. The Hall–Kier alpha value is -2.77. The van der Waals surface area contributed by atoms with Gasteiger partial charge in [0.2, 0.25) is 5.91 Å². The third kappa shape index (κ3) is 3.85. The van der Waals surface area contributed by atoms with Gasteiger partial charge < -0.3 is 5.32 Å². The molecule has 7 nitrogen and oxygen atoms in total. The Labute approximate surface area is 119 Å². The zero-order chi connectivity index (χ0) is 15.4. The van der Waals surface area contributed by atoms with Gasteiger partial charge in [0.1, 0.15) is 18.2 Å². The molecule has 2 aromatic rings. The molecule has 1 atom stereocenters. The Morgan fingerprint density at radius 2 is 2.33 bits per heavy atom. The minimum atomic E-state index is -0.555. The number of rotatable bonds is 5. The van der Waals surface area contributed by atoms with E-state index in [4.69, 9.17) is 0 Å². The number of aromatic nitrogens is 2. The Balaban J connectivity index is 1.97. The monoisotopic (exact) mass is 292 g/mol. The van der Waals surface area contributed by atoms with E-state index in [0.29, 0.717) is 5.69 Å². The molecule has 1 aromatic heterocycles. The highest BCUT2D eigenvalue weighted by Crippen LogP contribution is 2.13. The highest BCUT2D eigenvalue weighted by atomic mass is 19.1. The van der Waals surface area contributed by atoms with Crippen LogP contribution in [0.15, 0.2) is 36.7 Å². The molecule has 0 saturated carbocycles. The van der Waals surface area contributed by atoms with Crippen molar-refractivity contribution in [1.29, 1.82) is 0 Å². The van der Waals surface area contributed by atoms with Crippen LogP contribution < -0.4 is 5.32 Å². The fourth-order valence-corrected chi connectivity index (χ4v) is 1.74. The van der Waals surface area contributed by atoms with Gasteiger partial charge in [0.05, 0.1) is 17.4 Å². The van der Waals surface area contributed by atoms with Gasteiger partial charge in [-0.05, 0) is 18.2 Å². The second kappa shape index (κ2) is 6.12. The number of nitrogens with one attached hydrogen (secondary N) is 1. The van der Waals surface area contributed by atoms with Crippen LogP contribution in [0.4, 0.5) is 15.8 Å². The van der Waals surface area contributed by atoms with Crippen LogP contribution in [-0.4, -0.2) is 20.6 Å². The van der Waals surface area contributed by atoms with Gasteiger partial charge in [-0.15, -0.1) is 0 Å². The number of carbonyl (C=O) groups excluding carboxylic acids is 1. The van der Waals surface area contributed by atoms with Crippen molar-refractivity contribution in [1.82, 2.24) is 9.78 Å². The van der Waals surface area contributed by atoms with Crippen molar-refractivity contribution in [3.8, 4) is 0 Å². The molecule has 21 heavy (non-hydrogen) atoms. The zero-order valence-electron chi connectivity index (χ0n) is 11.2. The second-order valence-electron chi connectivity index (χ2n) is 4.58. The maximum Gasteiger partial charge on any atom is 0.306 e. The van der Waals surface area contributed by atoms with Gasteiger partial charge in [-0.1, -0.05) is 13.0 Å². The molecular formula is C13H13FN4O3. The van der Waals surface area contributed by atoms with Crippen molar-refractivity contribution in [3.05, 3.63) is 52.6 Å². The first-order valence-corrected chi connectivity index (χ1v) is 6.19. The van der Waals surface area contributed by atoms with Crippen molar-refractivity contribution < 1.29 is 14.1 Å². The molecule has 8 heteroatoms. The van der Waals surface area contributed by atoms with Gasteiger partial charge in [0.25, 0.3) is 0 Å². The number of nitro groups is 1. The molecule has 0 aliphatic rings. The first-order valence-electron chi connectivity index (χ1n) is 6.19. The van der Waals surface area contributed by atoms with Gasteiger partial charge in [-0.2, -0.15) is 5.10 Å². The predicted molar refractivity (Wildman–Crippen MR) is 73.1 cm³/mol. The number of amides is 1. The Morgan fingerprint density at radius 3 is 2.95 bits per heavy atom. The van der Waals surface area contributed by atoms with E-state index in [2.05, 4.69) is 10.4 Å². The van der Waals surface area contributed by atoms with E-state index < -0.39 is 16.7 Å². The molecule has 1 heterocycles. The molecule has 1 unspecified atom stereocenters. The third-order valence-electron chi connectivity index (χ3n) is 2.83. The SMILES string of the molecule is CC(Cn1cc([N+](=O)[O-])cn1)C(=O)Nc1cccc(F)c1. The lowest BCUT2D eigenvalue weighted by molar-refractivity contribution is -0.385. The minimum absolute atomic E-state index is 0.132.